The fraction of sp³-hybridized carbons (Fsp3) is 0.222. The highest BCUT2D eigenvalue weighted by Crippen LogP contribution is 2.18. The van der Waals surface area contributed by atoms with E-state index in [9.17, 15) is 9.59 Å². The summed E-state index contributed by atoms with van der Waals surface area (Å²) >= 11 is 1.13. The van der Waals surface area contributed by atoms with Crippen LogP contribution in [0.25, 0.3) is 5.69 Å². The predicted molar refractivity (Wildman–Crippen MR) is 106 cm³/mol. The number of ether oxygens (including phenoxy) is 1. The van der Waals surface area contributed by atoms with Gasteiger partial charge in [0.2, 0.25) is 5.71 Å². The van der Waals surface area contributed by atoms with Gasteiger partial charge in [-0.25, -0.2) is 9.78 Å². The molecule has 11 heteroatoms. The molecular weight excluding hydrogens is 396 g/mol. The molecule has 0 unspecified atom stereocenters. The molecule has 0 fully saturated rings. The van der Waals surface area contributed by atoms with E-state index in [1.54, 1.807) is 19.2 Å². The van der Waals surface area contributed by atoms with Crippen molar-refractivity contribution in [3.8, 4) is 5.69 Å². The van der Waals surface area contributed by atoms with Gasteiger partial charge in [0.15, 0.2) is 10.8 Å². The summed E-state index contributed by atoms with van der Waals surface area (Å²) in [7, 11) is 1.31. The number of benzene rings is 1. The van der Waals surface area contributed by atoms with E-state index in [-0.39, 0.29) is 28.8 Å². The number of thiazole rings is 1. The summed E-state index contributed by atoms with van der Waals surface area (Å²) in [5, 5.41) is 16.7. The second-order valence-electron chi connectivity index (χ2n) is 5.59. The van der Waals surface area contributed by atoms with Crippen LogP contribution in [0.1, 0.15) is 28.8 Å². The molecule has 0 bridgehead atoms. The maximum atomic E-state index is 12.6. The summed E-state index contributed by atoms with van der Waals surface area (Å²) < 4.78 is 4.94. The Bertz CT molecular complexity index is 1040. The summed E-state index contributed by atoms with van der Waals surface area (Å²) in [6.07, 6.45) is 0. The van der Waals surface area contributed by atoms with E-state index >= 15 is 0 Å². The van der Waals surface area contributed by atoms with Crippen LogP contribution in [0.3, 0.4) is 0 Å². The molecule has 0 saturated carbocycles. The molecular formula is C18H18N6O4S. The van der Waals surface area contributed by atoms with E-state index in [4.69, 9.17) is 4.74 Å². The lowest BCUT2D eigenvalue weighted by Gasteiger charge is -2.02. The molecule has 0 spiro atoms. The Kier molecular flexibility index (Phi) is 6.29. The first-order chi connectivity index (χ1) is 14.0. The maximum Gasteiger partial charge on any atom is 0.362 e. The Morgan fingerprint density at radius 3 is 2.69 bits per heavy atom. The standard InChI is InChI=1S/C18H18N6O4S/c1-4-28-17(26)15(23-27-3)13-10-29-18(19-13)20-16(25)14-11(2)21-24(22-14)12-8-6-5-7-9-12/h5-10H,4H2,1-3H3,(H,19,20,25)/b23-15-. The minimum absolute atomic E-state index is 0.0858. The number of nitrogens with zero attached hydrogens (tertiary/aromatic N) is 5. The molecule has 1 amide bonds. The van der Waals surface area contributed by atoms with Gasteiger partial charge in [-0.1, -0.05) is 23.4 Å². The zero-order valence-electron chi connectivity index (χ0n) is 15.9. The number of hydrogen-bond acceptors (Lipinski definition) is 9. The fourth-order valence-electron chi connectivity index (χ4n) is 2.34. The number of nitrogens with one attached hydrogen (secondary N) is 1. The Labute approximate surface area is 170 Å². The predicted octanol–water partition coefficient (Wildman–Crippen LogP) is 2.20. The van der Waals surface area contributed by atoms with Gasteiger partial charge in [0.25, 0.3) is 5.91 Å². The van der Waals surface area contributed by atoms with Gasteiger partial charge in [-0.15, -0.1) is 16.4 Å². The Morgan fingerprint density at radius 1 is 1.24 bits per heavy atom. The van der Waals surface area contributed by atoms with Crippen LogP contribution in [0, 0.1) is 6.92 Å². The van der Waals surface area contributed by atoms with Crippen LogP contribution in [0.4, 0.5) is 5.13 Å². The average molecular weight is 414 g/mol. The van der Waals surface area contributed by atoms with Gasteiger partial charge >= 0.3 is 5.97 Å². The third-order valence-corrected chi connectivity index (χ3v) is 4.36. The molecule has 10 nitrogen and oxygen atoms in total. The van der Waals surface area contributed by atoms with E-state index in [1.165, 1.54) is 11.9 Å². The van der Waals surface area contributed by atoms with Crippen LogP contribution >= 0.6 is 11.3 Å². The number of esters is 1. The number of oxime groups is 1. The summed E-state index contributed by atoms with van der Waals surface area (Å²) in [5.74, 6) is -1.13. The second-order valence-corrected chi connectivity index (χ2v) is 6.45. The van der Waals surface area contributed by atoms with Crippen molar-refractivity contribution in [1.29, 1.82) is 0 Å². The van der Waals surface area contributed by atoms with E-state index in [1.807, 2.05) is 30.3 Å². The van der Waals surface area contributed by atoms with Crippen LogP contribution in [0.2, 0.25) is 0 Å². The van der Waals surface area contributed by atoms with Crippen LogP contribution in [0.5, 0.6) is 0 Å². The lowest BCUT2D eigenvalue weighted by Crippen LogP contribution is -2.20. The van der Waals surface area contributed by atoms with Gasteiger partial charge < -0.3 is 9.57 Å². The largest absolute Gasteiger partial charge is 0.461 e. The van der Waals surface area contributed by atoms with Crippen molar-refractivity contribution in [3.05, 3.63) is 52.8 Å². The molecule has 3 rings (SSSR count). The number of rotatable bonds is 7. The highest BCUT2D eigenvalue weighted by molar-refractivity contribution is 7.14. The molecule has 1 aromatic carbocycles. The van der Waals surface area contributed by atoms with Gasteiger partial charge in [-0.05, 0) is 26.0 Å². The molecule has 1 N–H and O–H groups in total. The summed E-state index contributed by atoms with van der Waals surface area (Å²) in [6, 6.07) is 9.26. The summed E-state index contributed by atoms with van der Waals surface area (Å²) in [6.45, 7) is 3.56. The SMILES string of the molecule is CCOC(=O)/C(=N\OC)c1csc(NC(=O)c2nn(-c3ccccc3)nc2C)n1. The third-order valence-electron chi connectivity index (χ3n) is 3.60. The third kappa shape index (κ3) is 4.63. The Hall–Kier alpha value is -3.60. The molecule has 0 radical (unpaired) electrons. The molecule has 2 aromatic heterocycles. The number of carbonyl (C=O) groups excluding carboxylic acids is 2. The molecule has 0 atom stereocenters. The average Bonchev–Trinajstić information content (AvgIpc) is 3.33. The number of carbonyl (C=O) groups is 2. The first-order valence-electron chi connectivity index (χ1n) is 8.58. The minimum Gasteiger partial charge on any atom is -0.461 e. The monoisotopic (exact) mass is 414 g/mol. The molecule has 2 heterocycles. The topological polar surface area (TPSA) is 121 Å². The molecule has 0 aliphatic carbocycles. The van der Waals surface area contributed by atoms with Gasteiger partial charge in [0.1, 0.15) is 12.8 Å². The van der Waals surface area contributed by atoms with Crippen molar-refractivity contribution in [3.63, 3.8) is 0 Å². The van der Waals surface area contributed by atoms with Crippen LogP contribution < -0.4 is 5.32 Å². The van der Waals surface area contributed by atoms with Gasteiger partial charge in [-0.3, -0.25) is 10.1 Å². The first kappa shape index (κ1) is 20.1. The van der Waals surface area contributed by atoms with Crippen molar-refractivity contribution in [2.75, 3.05) is 19.0 Å². The van der Waals surface area contributed by atoms with Crippen molar-refractivity contribution in [1.82, 2.24) is 20.0 Å². The van der Waals surface area contributed by atoms with E-state index in [0.29, 0.717) is 5.69 Å². The van der Waals surface area contributed by atoms with Crippen molar-refractivity contribution in [2.24, 2.45) is 5.16 Å². The zero-order chi connectivity index (χ0) is 20.8. The van der Waals surface area contributed by atoms with Crippen molar-refractivity contribution in [2.45, 2.75) is 13.8 Å². The van der Waals surface area contributed by atoms with Gasteiger partial charge in [0, 0.05) is 5.38 Å². The second kappa shape index (κ2) is 9.06. The van der Waals surface area contributed by atoms with Gasteiger partial charge in [0.05, 0.1) is 18.0 Å². The molecule has 0 saturated heterocycles. The highest BCUT2D eigenvalue weighted by Gasteiger charge is 2.22. The number of para-hydroxylation sites is 1. The van der Waals surface area contributed by atoms with Gasteiger partial charge in [-0.2, -0.15) is 9.90 Å². The number of hydrogen-bond donors (Lipinski definition) is 1. The number of amides is 1. The lowest BCUT2D eigenvalue weighted by molar-refractivity contribution is -0.135. The number of anilines is 1. The molecule has 0 aliphatic heterocycles. The number of aromatic nitrogens is 4. The summed E-state index contributed by atoms with van der Waals surface area (Å²) in [4.78, 5) is 34.9. The molecule has 29 heavy (non-hydrogen) atoms. The Morgan fingerprint density at radius 2 is 2.00 bits per heavy atom. The normalized spacial score (nSPS) is 11.2. The quantitative estimate of drug-likeness (QED) is 0.357. The van der Waals surface area contributed by atoms with E-state index in [0.717, 1.165) is 17.0 Å². The number of aryl methyl sites for hydroxylation is 1. The zero-order valence-corrected chi connectivity index (χ0v) is 16.8. The van der Waals surface area contributed by atoms with E-state index in [2.05, 4.69) is 30.5 Å². The fourth-order valence-corrected chi connectivity index (χ4v) is 3.03. The molecule has 0 aliphatic rings. The Balaban J connectivity index is 1.78. The van der Waals surface area contributed by atoms with Crippen molar-refractivity contribution < 1.29 is 19.2 Å². The van der Waals surface area contributed by atoms with Crippen molar-refractivity contribution >= 4 is 34.1 Å². The summed E-state index contributed by atoms with van der Waals surface area (Å²) in [5.41, 5.74) is 1.52. The van der Waals surface area contributed by atoms with E-state index < -0.39 is 11.9 Å². The van der Waals surface area contributed by atoms with Crippen LogP contribution in [-0.2, 0) is 14.4 Å². The maximum absolute atomic E-state index is 12.6. The lowest BCUT2D eigenvalue weighted by atomic mass is 10.3. The van der Waals surface area contributed by atoms with Crippen LogP contribution in [-0.4, -0.2) is 51.3 Å². The molecule has 3 aromatic rings. The smallest absolute Gasteiger partial charge is 0.362 e. The molecule has 150 valence electrons. The minimum atomic E-state index is -0.667. The first-order valence-corrected chi connectivity index (χ1v) is 9.46. The van der Waals surface area contributed by atoms with Crippen LogP contribution in [0.15, 0.2) is 40.9 Å². The highest BCUT2D eigenvalue weighted by atomic mass is 32.1.